The molecule has 4 rings (SSSR count). The first-order valence-corrected chi connectivity index (χ1v) is 9.41. The van der Waals surface area contributed by atoms with E-state index in [1.54, 1.807) is 37.9 Å². The summed E-state index contributed by atoms with van der Waals surface area (Å²) in [6.07, 6.45) is 6.94. The van der Waals surface area contributed by atoms with Gasteiger partial charge in [0, 0.05) is 58.0 Å². The van der Waals surface area contributed by atoms with Crippen molar-refractivity contribution >= 4 is 22.5 Å². The largest absolute Gasteiger partial charge is 0.380 e. The zero-order chi connectivity index (χ0) is 21.1. The topological polar surface area (TPSA) is 107 Å². The van der Waals surface area contributed by atoms with Gasteiger partial charge in [0.25, 0.3) is 5.56 Å². The molecule has 152 valence electrons. The van der Waals surface area contributed by atoms with Crippen LogP contribution in [0.15, 0.2) is 64.7 Å². The van der Waals surface area contributed by atoms with Crippen LogP contribution in [0.1, 0.15) is 11.1 Å². The molecule has 0 bridgehead atoms. The lowest BCUT2D eigenvalue weighted by molar-refractivity contribution is 0.708. The van der Waals surface area contributed by atoms with E-state index in [2.05, 4.69) is 25.6 Å². The Hall–Kier alpha value is -4.01. The summed E-state index contributed by atoms with van der Waals surface area (Å²) in [4.78, 5) is 38.0. The predicted octanol–water partition coefficient (Wildman–Crippen LogP) is 1.65. The molecule has 0 aliphatic heterocycles. The van der Waals surface area contributed by atoms with Crippen LogP contribution in [0.5, 0.6) is 0 Å². The molecule has 9 nitrogen and oxygen atoms in total. The highest BCUT2D eigenvalue weighted by Crippen LogP contribution is 2.23. The first-order chi connectivity index (χ1) is 14.5. The quantitative estimate of drug-likeness (QED) is 0.504. The molecule has 0 unspecified atom stereocenters. The third-order valence-electron chi connectivity index (χ3n) is 4.81. The zero-order valence-corrected chi connectivity index (χ0v) is 16.7. The van der Waals surface area contributed by atoms with Crippen molar-refractivity contribution in [3.8, 4) is 0 Å². The smallest absolute Gasteiger partial charge is 0.332 e. The lowest BCUT2D eigenvalue weighted by Gasteiger charge is -2.15. The van der Waals surface area contributed by atoms with Crippen LogP contribution < -0.4 is 21.9 Å². The maximum absolute atomic E-state index is 12.9. The average molecular weight is 403 g/mol. The minimum atomic E-state index is -0.428. The highest BCUT2D eigenvalue weighted by Gasteiger charge is 2.15. The molecular formula is C21H21N7O2. The summed E-state index contributed by atoms with van der Waals surface area (Å²) in [5.74, 6) is 0.545. The van der Waals surface area contributed by atoms with E-state index in [0.29, 0.717) is 35.6 Å². The Morgan fingerprint density at radius 1 is 0.900 bits per heavy atom. The van der Waals surface area contributed by atoms with E-state index in [0.717, 1.165) is 15.7 Å². The third kappa shape index (κ3) is 3.77. The highest BCUT2D eigenvalue weighted by molar-refractivity contribution is 5.90. The minimum absolute atomic E-state index is 0.313. The Balaban J connectivity index is 1.77. The molecule has 0 atom stereocenters. The van der Waals surface area contributed by atoms with Gasteiger partial charge in [-0.15, -0.1) is 0 Å². The third-order valence-corrected chi connectivity index (χ3v) is 4.81. The fourth-order valence-corrected chi connectivity index (χ4v) is 3.18. The molecule has 0 aromatic carbocycles. The Bertz CT molecular complexity index is 1300. The molecule has 30 heavy (non-hydrogen) atoms. The van der Waals surface area contributed by atoms with E-state index in [9.17, 15) is 9.59 Å². The molecule has 0 fully saturated rings. The molecule has 4 aromatic rings. The van der Waals surface area contributed by atoms with Crippen molar-refractivity contribution in [2.75, 3.05) is 10.6 Å². The number of aryl methyl sites for hydroxylation is 1. The van der Waals surface area contributed by atoms with Gasteiger partial charge in [-0.3, -0.25) is 23.9 Å². The maximum atomic E-state index is 12.9. The second-order valence-corrected chi connectivity index (χ2v) is 6.89. The fraction of sp³-hybridized carbons (Fsp3) is 0.190. The van der Waals surface area contributed by atoms with Crippen LogP contribution in [0, 0.1) is 0 Å². The Morgan fingerprint density at radius 2 is 1.53 bits per heavy atom. The normalized spacial score (nSPS) is 10.9. The van der Waals surface area contributed by atoms with Gasteiger partial charge in [0.15, 0.2) is 5.65 Å². The summed E-state index contributed by atoms with van der Waals surface area (Å²) in [7, 11) is 3.07. The second kappa shape index (κ2) is 8.16. The Morgan fingerprint density at radius 3 is 2.13 bits per heavy atom. The van der Waals surface area contributed by atoms with Crippen LogP contribution in [0.4, 0.5) is 11.5 Å². The second-order valence-electron chi connectivity index (χ2n) is 6.89. The number of hydrogen-bond donors (Lipinski definition) is 2. The number of aromatic nitrogens is 5. The van der Waals surface area contributed by atoms with Gasteiger partial charge in [-0.25, -0.2) is 9.78 Å². The van der Waals surface area contributed by atoms with Crippen LogP contribution >= 0.6 is 0 Å². The number of nitrogens with one attached hydrogen (secondary N) is 2. The molecule has 0 amide bonds. The summed E-state index contributed by atoms with van der Waals surface area (Å²) in [5, 5.41) is 6.90. The van der Waals surface area contributed by atoms with Crippen LogP contribution in [0.3, 0.4) is 0 Å². The van der Waals surface area contributed by atoms with E-state index in [4.69, 9.17) is 0 Å². The lowest BCUT2D eigenvalue weighted by Crippen LogP contribution is -2.37. The Kier molecular flexibility index (Phi) is 5.25. The fourth-order valence-electron chi connectivity index (χ4n) is 3.18. The van der Waals surface area contributed by atoms with E-state index in [1.807, 2.05) is 24.3 Å². The van der Waals surface area contributed by atoms with E-state index < -0.39 is 11.2 Å². The Labute approximate surface area is 172 Å². The first-order valence-electron chi connectivity index (χ1n) is 9.41. The number of hydrogen-bond acceptors (Lipinski definition) is 7. The molecule has 2 N–H and O–H groups in total. The highest BCUT2D eigenvalue weighted by atomic mass is 16.2. The van der Waals surface area contributed by atoms with Crippen LogP contribution in [0.2, 0.25) is 0 Å². The predicted molar refractivity (Wildman–Crippen MR) is 115 cm³/mol. The summed E-state index contributed by atoms with van der Waals surface area (Å²) in [5.41, 5.74) is 2.04. The van der Waals surface area contributed by atoms with Crippen molar-refractivity contribution in [2.45, 2.75) is 13.1 Å². The van der Waals surface area contributed by atoms with Gasteiger partial charge in [0.1, 0.15) is 11.2 Å². The van der Waals surface area contributed by atoms with Crippen LogP contribution in [0.25, 0.3) is 11.0 Å². The van der Waals surface area contributed by atoms with Crippen molar-refractivity contribution in [3.63, 3.8) is 0 Å². The molecule has 0 aliphatic carbocycles. The summed E-state index contributed by atoms with van der Waals surface area (Å²) in [6, 6.07) is 9.39. The van der Waals surface area contributed by atoms with Gasteiger partial charge in [-0.05, 0) is 23.3 Å². The number of pyridine rings is 3. The minimum Gasteiger partial charge on any atom is -0.380 e. The molecule has 4 heterocycles. The van der Waals surface area contributed by atoms with Gasteiger partial charge >= 0.3 is 5.69 Å². The molecule has 9 heteroatoms. The number of fused-ring (bicyclic) bond motifs is 1. The van der Waals surface area contributed by atoms with Crippen molar-refractivity contribution in [3.05, 3.63) is 87.1 Å². The zero-order valence-electron chi connectivity index (χ0n) is 16.7. The summed E-state index contributed by atoms with van der Waals surface area (Å²) < 4.78 is 2.46. The molecule has 4 aromatic heterocycles. The molecule has 0 saturated heterocycles. The van der Waals surface area contributed by atoms with Crippen LogP contribution in [-0.2, 0) is 27.2 Å². The molecule has 0 saturated carbocycles. The lowest BCUT2D eigenvalue weighted by atomic mass is 10.2. The van der Waals surface area contributed by atoms with Crippen LogP contribution in [-0.4, -0.2) is 24.1 Å². The van der Waals surface area contributed by atoms with Crippen molar-refractivity contribution in [2.24, 2.45) is 14.1 Å². The van der Waals surface area contributed by atoms with E-state index in [-0.39, 0.29) is 0 Å². The molecular weight excluding hydrogens is 382 g/mol. The van der Waals surface area contributed by atoms with Gasteiger partial charge in [0.2, 0.25) is 0 Å². The number of rotatable bonds is 6. The number of anilines is 2. The van der Waals surface area contributed by atoms with Gasteiger partial charge in [0.05, 0.1) is 5.69 Å². The summed E-state index contributed by atoms with van der Waals surface area (Å²) >= 11 is 0. The van der Waals surface area contributed by atoms with Crippen molar-refractivity contribution in [1.29, 1.82) is 0 Å². The standard InChI is InChI=1S/C21H21N7O2/c1-27-19-18(20(29)28(2)21(27)30)16(24-12-14-5-3-7-22-10-14)9-17(26-19)25-13-15-6-4-8-23-11-15/h3-11H,12-13H2,1-2H3,(H2,24,25,26). The van der Waals surface area contributed by atoms with Crippen molar-refractivity contribution < 1.29 is 0 Å². The monoisotopic (exact) mass is 403 g/mol. The molecule has 0 spiro atoms. The van der Waals surface area contributed by atoms with Gasteiger partial charge in [-0.1, -0.05) is 12.1 Å². The van der Waals surface area contributed by atoms with Gasteiger partial charge < -0.3 is 10.6 Å². The average Bonchev–Trinajstić information content (AvgIpc) is 2.79. The SMILES string of the molecule is Cn1c(=O)c2c(NCc3cccnc3)cc(NCc3cccnc3)nc2n(C)c1=O. The van der Waals surface area contributed by atoms with Crippen molar-refractivity contribution in [1.82, 2.24) is 24.1 Å². The van der Waals surface area contributed by atoms with Gasteiger partial charge in [-0.2, -0.15) is 0 Å². The molecule has 0 aliphatic rings. The van der Waals surface area contributed by atoms with E-state index in [1.165, 1.54) is 11.6 Å². The first kappa shape index (κ1) is 19.3. The summed E-state index contributed by atoms with van der Waals surface area (Å²) in [6.45, 7) is 0.980. The van der Waals surface area contributed by atoms with E-state index >= 15 is 0 Å². The maximum Gasteiger partial charge on any atom is 0.332 e. The number of nitrogens with zero attached hydrogens (tertiary/aromatic N) is 5. The molecule has 0 radical (unpaired) electrons.